The number of hydrogen-bond donors (Lipinski definition) is 2. The van der Waals surface area contributed by atoms with E-state index in [2.05, 4.69) is 20.4 Å². The van der Waals surface area contributed by atoms with Gasteiger partial charge in [-0.25, -0.2) is 0 Å². The molecule has 7 nitrogen and oxygen atoms in total. The minimum Gasteiger partial charge on any atom is -0.350 e. The standard InChI is InChI=1S/C16H31N5O2/c1-16(2,3)18-14(22)12-20-8-10-21(11-9-20)15(23)13-19-6-4-17-5-7-19/h17H,4-13H2,1-3H3,(H,18,22). The molecule has 7 heteroatoms. The van der Waals surface area contributed by atoms with Crippen LogP contribution in [-0.2, 0) is 9.59 Å². The second-order valence-corrected chi connectivity index (χ2v) is 7.48. The normalized spacial score (nSPS) is 21.3. The predicted molar refractivity (Wildman–Crippen MR) is 90.2 cm³/mol. The molecular formula is C16H31N5O2. The molecule has 132 valence electrons. The fraction of sp³-hybridized carbons (Fsp3) is 0.875. The Bertz CT molecular complexity index is 407. The highest BCUT2D eigenvalue weighted by Crippen LogP contribution is 2.05. The largest absolute Gasteiger partial charge is 0.350 e. The molecule has 2 N–H and O–H groups in total. The van der Waals surface area contributed by atoms with Crippen LogP contribution in [0.3, 0.4) is 0 Å². The molecule has 0 saturated carbocycles. The van der Waals surface area contributed by atoms with Crippen molar-refractivity contribution in [3.8, 4) is 0 Å². The van der Waals surface area contributed by atoms with Gasteiger partial charge in [-0.1, -0.05) is 0 Å². The van der Waals surface area contributed by atoms with Crippen molar-refractivity contribution in [2.45, 2.75) is 26.3 Å². The molecule has 0 aliphatic carbocycles. The van der Waals surface area contributed by atoms with E-state index in [0.717, 1.165) is 39.3 Å². The van der Waals surface area contributed by atoms with E-state index in [-0.39, 0.29) is 17.4 Å². The van der Waals surface area contributed by atoms with Crippen LogP contribution in [0.25, 0.3) is 0 Å². The summed E-state index contributed by atoms with van der Waals surface area (Å²) in [6.07, 6.45) is 0. The Morgan fingerprint density at radius 2 is 1.48 bits per heavy atom. The third-order valence-electron chi connectivity index (χ3n) is 4.18. The smallest absolute Gasteiger partial charge is 0.236 e. The molecular weight excluding hydrogens is 294 g/mol. The molecule has 2 saturated heterocycles. The van der Waals surface area contributed by atoms with Crippen molar-refractivity contribution in [1.29, 1.82) is 0 Å². The van der Waals surface area contributed by atoms with E-state index in [1.54, 1.807) is 0 Å². The Balaban J connectivity index is 1.68. The molecule has 0 radical (unpaired) electrons. The monoisotopic (exact) mass is 325 g/mol. The molecule has 0 bridgehead atoms. The van der Waals surface area contributed by atoms with E-state index >= 15 is 0 Å². The molecule has 2 fully saturated rings. The third kappa shape index (κ3) is 6.45. The van der Waals surface area contributed by atoms with E-state index < -0.39 is 0 Å². The number of piperazine rings is 2. The molecule has 2 heterocycles. The number of amides is 2. The fourth-order valence-electron chi connectivity index (χ4n) is 2.98. The first kappa shape index (κ1) is 18.2. The van der Waals surface area contributed by atoms with Crippen molar-refractivity contribution in [2.24, 2.45) is 0 Å². The van der Waals surface area contributed by atoms with Gasteiger partial charge in [-0.15, -0.1) is 0 Å². The van der Waals surface area contributed by atoms with Crippen LogP contribution in [0.4, 0.5) is 0 Å². The van der Waals surface area contributed by atoms with Gasteiger partial charge >= 0.3 is 0 Å². The summed E-state index contributed by atoms with van der Waals surface area (Å²) in [6, 6.07) is 0. The van der Waals surface area contributed by atoms with Crippen LogP contribution in [0.2, 0.25) is 0 Å². The molecule has 2 aliphatic heterocycles. The van der Waals surface area contributed by atoms with Crippen LogP contribution < -0.4 is 10.6 Å². The fourth-order valence-corrected chi connectivity index (χ4v) is 2.98. The summed E-state index contributed by atoms with van der Waals surface area (Å²) in [7, 11) is 0. The van der Waals surface area contributed by atoms with Gasteiger partial charge in [0.2, 0.25) is 11.8 Å². The first-order valence-corrected chi connectivity index (χ1v) is 8.58. The van der Waals surface area contributed by atoms with Gasteiger partial charge in [-0.3, -0.25) is 19.4 Å². The quantitative estimate of drug-likeness (QED) is 0.690. The molecule has 23 heavy (non-hydrogen) atoms. The van der Waals surface area contributed by atoms with Crippen LogP contribution in [0.5, 0.6) is 0 Å². The van der Waals surface area contributed by atoms with Crippen molar-refractivity contribution < 1.29 is 9.59 Å². The summed E-state index contributed by atoms with van der Waals surface area (Å²) in [5.41, 5.74) is -0.196. The average Bonchev–Trinajstić information content (AvgIpc) is 2.47. The summed E-state index contributed by atoms with van der Waals surface area (Å²) in [5.74, 6) is 0.267. The Labute approximate surface area is 139 Å². The van der Waals surface area contributed by atoms with Gasteiger partial charge in [0.05, 0.1) is 13.1 Å². The molecule has 0 spiro atoms. The summed E-state index contributed by atoms with van der Waals surface area (Å²) in [4.78, 5) is 30.6. The number of carbonyl (C=O) groups is 2. The first-order valence-electron chi connectivity index (χ1n) is 8.58. The zero-order chi connectivity index (χ0) is 16.9. The van der Waals surface area contributed by atoms with E-state index in [1.165, 1.54) is 0 Å². The van der Waals surface area contributed by atoms with Crippen molar-refractivity contribution in [3.63, 3.8) is 0 Å². The maximum absolute atomic E-state index is 12.3. The maximum atomic E-state index is 12.3. The van der Waals surface area contributed by atoms with Gasteiger partial charge in [0, 0.05) is 57.9 Å². The number of nitrogens with zero attached hydrogens (tertiary/aromatic N) is 3. The van der Waals surface area contributed by atoms with Crippen LogP contribution >= 0.6 is 0 Å². The lowest BCUT2D eigenvalue weighted by molar-refractivity contribution is -0.134. The van der Waals surface area contributed by atoms with E-state index in [1.807, 2.05) is 25.7 Å². The van der Waals surface area contributed by atoms with Crippen LogP contribution in [0, 0.1) is 0 Å². The molecule has 0 aromatic carbocycles. The van der Waals surface area contributed by atoms with E-state index in [9.17, 15) is 9.59 Å². The Hall–Kier alpha value is -1.18. The second kappa shape index (κ2) is 8.08. The number of nitrogens with one attached hydrogen (secondary N) is 2. The topological polar surface area (TPSA) is 67.9 Å². The Morgan fingerprint density at radius 1 is 0.913 bits per heavy atom. The van der Waals surface area contributed by atoms with Gasteiger partial charge in [-0.2, -0.15) is 0 Å². The number of rotatable bonds is 4. The molecule has 2 rings (SSSR count). The van der Waals surface area contributed by atoms with Crippen molar-refractivity contribution in [3.05, 3.63) is 0 Å². The molecule has 2 amide bonds. The average molecular weight is 325 g/mol. The molecule has 0 atom stereocenters. The lowest BCUT2D eigenvalue weighted by Gasteiger charge is -2.36. The summed E-state index contributed by atoms with van der Waals surface area (Å²) in [5, 5.41) is 6.28. The van der Waals surface area contributed by atoms with Gasteiger partial charge in [0.15, 0.2) is 0 Å². The van der Waals surface area contributed by atoms with Gasteiger partial charge < -0.3 is 15.5 Å². The SMILES string of the molecule is CC(C)(C)NC(=O)CN1CCN(C(=O)CN2CCNCC2)CC1. The highest BCUT2D eigenvalue weighted by Gasteiger charge is 2.25. The second-order valence-electron chi connectivity index (χ2n) is 7.48. The minimum atomic E-state index is -0.196. The van der Waals surface area contributed by atoms with Crippen molar-refractivity contribution in [1.82, 2.24) is 25.3 Å². The maximum Gasteiger partial charge on any atom is 0.236 e. The Kier molecular flexibility index (Phi) is 6.38. The summed E-state index contributed by atoms with van der Waals surface area (Å²) >= 11 is 0. The molecule has 0 aromatic heterocycles. The zero-order valence-electron chi connectivity index (χ0n) is 14.7. The van der Waals surface area contributed by atoms with Gasteiger partial charge in [0.1, 0.15) is 0 Å². The lowest BCUT2D eigenvalue weighted by atomic mass is 10.1. The van der Waals surface area contributed by atoms with Gasteiger partial charge in [-0.05, 0) is 20.8 Å². The first-order chi connectivity index (χ1) is 10.8. The van der Waals surface area contributed by atoms with Crippen LogP contribution in [0.15, 0.2) is 0 Å². The summed E-state index contributed by atoms with van der Waals surface area (Å²) in [6.45, 7) is 13.7. The van der Waals surface area contributed by atoms with E-state index in [4.69, 9.17) is 0 Å². The highest BCUT2D eigenvalue weighted by atomic mass is 16.2. The van der Waals surface area contributed by atoms with Crippen molar-refractivity contribution in [2.75, 3.05) is 65.4 Å². The molecule has 0 aromatic rings. The highest BCUT2D eigenvalue weighted by molar-refractivity contribution is 5.79. The number of hydrogen-bond acceptors (Lipinski definition) is 5. The zero-order valence-corrected chi connectivity index (χ0v) is 14.7. The predicted octanol–water partition coefficient (Wildman–Crippen LogP) is -1.05. The van der Waals surface area contributed by atoms with Crippen molar-refractivity contribution >= 4 is 11.8 Å². The molecule has 0 unspecified atom stereocenters. The lowest BCUT2D eigenvalue weighted by Crippen LogP contribution is -2.55. The Morgan fingerprint density at radius 3 is 2.04 bits per heavy atom. The third-order valence-corrected chi connectivity index (χ3v) is 4.18. The van der Waals surface area contributed by atoms with Gasteiger partial charge in [0.25, 0.3) is 0 Å². The number of carbonyl (C=O) groups excluding carboxylic acids is 2. The minimum absolute atomic E-state index is 0.0538. The summed E-state index contributed by atoms with van der Waals surface area (Å²) < 4.78 is 0. The van der Waals surface area contributed by atoms with E-state index in [0.29, 0.717) is 26.2 Å². The van der Waals surface area contributed by atoms with Crippen LogP contribution in [0.1, 0.15) is 20.8 Å². The van der Waals surface area contributed by atoms with Crippen LogP contribution in [-0.4, -0.2) is 97.5 Å². The molecule has 2 aliphatic rings.